The molecule has 2 radical (unpaired) electrons. The molecule has 0 N–H and O–H groups in total. The number of hydrogen-bond acceptors (Lipinski definition) is 3. The molecule has 0 fully saturated rings. The second kappa shape index (κ2) is 11.1. The van der Waals surface area contributed by atoms with E-state index in [4.69, 9.17) is 0 Å². The first kappa shape index (κ1) is 24.6. The summed E-state index contributed by atoms with van der Waals surface area (Å²) in [5, 5.41) is 0. The Morgan fingerprint density at radius 3 is 1.20 bits per heavy atom. The molecule has 3 aromatic rings. The molecule has 3 rings (SSSR count). The van der Waals surface area contributed by atoms with Gasteiger partial charge in [0.15, 0.2) is 0 Å². The summed E-state index contributed by atoms with van der Waals surface area (Å²) in [7, 11) is -7.23. The molecule has 0 aliphatic carbocycles. The minimum absolute atomic E-state index is 1.30. The Labute approximate surface area is 184 Å². The molecule has 0 heterocycles. The molecule has 0 spiro atoms. The quantitative estimate of drug-likeness (QED) is 0.358. The zero-order valence-corrected chi connectivity index (χ0v) is 21.1. The van der Waals surface area contributed by atoms with Gasteiger partial charge in [-0.3, -0.25) is 0 Å². The van der Waals surface area contributed by atoms with Gasteiger partial charge in [0.25, 0.3) is 0 Å². The van der Waals surface area contributed by atoms with E-state index in [1.807, 2.05) is 0 Å². The van der Waals surface area contributed by atoms with Crippen LogP contribution in [-0.2, 0) is 14.0 Å². The summed E-state index contributed by atoms with van der Waals surface area (Å²) < 4.78 is 63.1. The first-order valence-electron chi connectivity index (χ1n) is 8.96. The van der Waals surface area contributed by atoms with Gasteiger partial charge in [0, 0.05) is 0 Å². The molecule has 9 heteroatoms. The van der Waals surface area contributed by atoms with Gasteiger partial charge in [0.2, 0.25) is 9.04 Å². The van der Waals surface area contributed by atoms with E-state index >= 15 is 0 Å². The van der Waals surface area contributed by atoms with Crippen LogP contribution in [0.3, 0.4) is 0 Å². The van der Waals surface area contributed by atoms with E-state index in [9.17, 15) is 21.6 Å². The Bertz CT molecular complexity index is 906. The van der Waals surface area contributed by atoms with Crippen LogP contribution in [0, 0.1) is 0 Å². The van der Waals surface area contributed by atoms with Crippen molar-refractivity contribution in [1.82, 2.24) is 0 Å². The average molecular weight is 557 g/mol. The Morgan fingerprint density at radius 2 is 1.00 bits per heavy atom. The van der Waals surface area contributed by atoms with E-state index in [0.29, 0.717) is 0 Å². The normalized spacial score (nSPS) is 11.8. The maximum atomic E-state index is 11.5. The zero-order valence-electron chi connectivity index (χ0n) is 16.4. The third kappa shape index (κ3) is 7.26. The molecule has 0 amide bonds. The SMILES string of the molecule is C[Si](C)OS(=O)(=O)C(F)(F)F.c1cc[c]([Sn]([c]2ccccc2)[c]2ccccc2)cc1. The summed E-state index contributed by atoms with van der Waals surface area (Å²) >= 11 is -1.98. The summed E-state index contributed by atoms with van der Waals surface area (Å²) in [4.78, 5) is 0. The second-order valence-electron chi connectivity index (χ2n) is 6.36. The molecule has 0 saturated carbocycles. The van der Waals surface area contributed by atoms with Crippen molar-refractivity contribution in [3.63, 3.8) is 0 Å². The summed E-state index contributed by atoms with van der Waals surface area (Å²) in [5.41, 5.74) is -5.30. The van der Waals surface area contributed by atoms with Gasteiger partial charge in [-0.15, -0.1) is 0 Å². The van der Waals surface area contributed by atoms with Crippen LogP contribution in [0.4, 0.5) is 13.2 Å². The van der Waals surface area contributed by atoms with E-state index in [2.05, 4.69) is 94.9 Å². The van der Waals surface area contributed by atoms with E-state index in [1.54, 1.807) is 0 Å². The molecular weight excluding hydrogens is 536 g/mol. The van der Waals surface area contributed by atoms with Crippen LogP contribution in [0.15, 0.2) is 91.0 Å². The maximum absolute atomic E-state index is 11.5. The van der Waals surface area contributed by atoms with Crippen molar-refractivity contribution in [3.8, 4) is 0 Å². The average Bonchev–Trinajstić information content (AvgIpc) is 2.69. The topological polar surface area (TPSA) is 43.4 Å². The van der Waals surface area contributed by atoms with Gasteiger partial charge >= 0.3 is 137 Å². The van der Waals surface area contributed by atoms with E-state index in [-0.39, 0.29) is 0 Å². The van der Waals surface area contributed by atoms with Crippen molar-refractivity contribution < 1.29 is 25.5 Å². The molecule has 3 nitrogen and oxygen atoms in total. The van der Waals surface area contributed by atoms with Crippen molar-refractivity contribution in [2.45, 2.75) is 18.6 Å². The molecular formula is C21H21F3O3SSiSn. The van der Waals surface area contributed by atoms with Gasteiger partial charge in [-0.1, -0.05) is 0 Å². The third-order valence-electron chi connectivity index (χ3n) is 3.75. The van der Waals surface area contributed by atoms with Gasteiger partial charge in [0.05, 0.1) is 0 Å². The summed E-state index contributed by atoms with van der Waals surface area (Å²) in [6, 6.07) is 32.9. The van der Waals surface area contributed by atoms with Gasteiger partial charge in [-0.05, 0) is 13.1 Å². The van der Waals surface area contributed by atoms with Crippen LogP contribution in [0.2, 0.25) is 13.1 Å². The second-order valence-corrected chi connectivity index (χ2v) is 17.3. The Kier molecular flexibility index (Phi) is 9.14. The van der Waals surface area contributed by atoms with E-state index in [1.165, 1.54) is 23.8 Å². The molecule has 0 saturated heterocycles. The van der Waals surface area contributed by atoms with Crippen LogP contribution in [0.1, 0.15) is 0 Å². The van der Waals surface area contributed by atoms with Crippen LogP contribution >= 0.6 is 0 Å². The number of alkyl halides is 3. The Balaban J connectivity index is 0.000000252. The van der Waals surface area contributed by atoms with Crippen molar-refractivity contribution >= 4 is 49.7 Å². The first-order chi connectivity index (χ1) is 14.1. The monoisotopic (exact) mass is 558 g/mol. The van der Waals surface area contributed by atoms with Gasteiger partial charge in [-0.2, -0.15) is 21.6 Å². The van der Waals surface area contributed by atoms with E-state index in [0.717, 1.165) is 0 Å². The fraction of sp³-hybridized carbons (Fsp3) is 0.143. The van der Waals surface area contributed by atoms with Crippen molar-refractivity contribution in [2.24, 2.45) is 0 Å². The van der Waals surface area contributed by atoms with Crippen molar-refractivity contribution in [2.75, 3.05) is 0 Å². The van der Waals surface area contributed by atoms with Gasteiger partial charge in [0.1, 0.15) is 0 Å². The van der Waals surface area contributed by atoms with E-state index < -0.39 is 44.4 Å². The fourth-order valence-corrected chi connectivity index (χ4v) is 12.1. The summed E-state index contributed by atoms with van der Waals surface area (Å²) in [5.74, 6) is 0. The molecule has 0 bridgehead atoms. The van der Waals surface area contributed by atoms with Gasteiger partial charge in [-0.25, -0.2) is 0 Å². The zero-order chi connectivity index (χ0) is 22.2. The molecule has 0 aliphatic rings. The first-order valence-corrected chi connectivity index (χ1v) is 17.1. The Hall–Kier alpha value is -1.62. The molecule has 0 unspecified atom stereocenters. The summed E-state index contributed by atoms with van der Waals surface area (Å²) in [6.07, 6.45) is 0. The van der Waals surface area contributed by atoms with Crippen molar-refractivity contribution in [3.05, 3.63) is 91.0 Å². The van der Waals surface area contributed by atoms with Gasteiger partial charge < -0.3 is 3.87 Å². The molecule has 158 valence electrons. The Morgan fingerprint density at radius 1 is 0.700 bits per heavy atom. The third-order valence-corrected chi connectivity index (χ3v) is 14.3. The van der Waals surface area contributed by atoms with Crippen LogP contribution in [0.25, 0.3) is 0 Å². The van der Waals surface area contributed by atoms with Crippen LogP contribution in [-0.4, -0.2) is 42.7 Å². The molecule has 30 heavy (non-hydrogen) atoms. The van der Waals surface area contributed by atoms with Crippen LogP contribution in [0.5, 0.6) is 0 Å². The number of rotatable bonds is 5. The predicted molar refractivity (Wildman–Crippen MR) is 118 cm³/mol. The standard InChI is InChI=1S/3C6H5.C3H6F3O3SSi.Sn/c3*1-2-4-6-5-3-1;1-11(2)9-10(7,8)3(4,5)6;/h3*1-5H;1-2H3;. The molecule has 3 aromatic carbocycles. The van der Waals surface area contributed by atoms with Crippen molar-refractivity contribution in [1.29, 1.82) is 0 Å². The number of hydrogen-bond donors (Lipinski definition) is 0. The van der Waals surface area contributed by atoms with Crippen LogP contribution < -0.4 is 10.7 Å². The predicted octanol–water partition coefficient (Wildman–Crippen LogP) is 3.31. The summed E-state index contributed by atoms with van der Waals surface area (Å²) in [6.45, 7) is 2.60. The number of benzene rings is 3. The minimum atomic E-state index is -5.35. The fourth-order valence-electron chi connectivity index (χ4n) is 2.58. The molecule has 0 aromatic heterocycles. The number of halogens is 3. The molecule has 0 atom stereocenters. The molecule has 0 aliphatic heterocycles.